The number of amides is 1. The molecular formula is C10H13F4NO. The van der Waals surface area contributed by atoms with E-state index in [-0.39, 0.29) is 5.92 Å². The van der Waals surface area contributed by atoms with Crippen molar-refractivity contribution in [2.75, 3.05) is 6.54 Å². The van der Waals surface area contributed by atoms with Gasteiger partial charge in [0.25, 0.3) is 0 Å². The van der Waals surface area contributed by atoms with Crippen molar-refractivity contribution >= 4 is 5.91 Å². The van der Waals surface area contributed by atoms with E-state index in [0.717, 1.165) is 19.3 Å². The molecule has 2 aliphatic rings. The molecule has 0 saturated heterocycles. The van der Waals surface area contributed by atoms with Crippen molar-refractivity contribution < 1.29 is 22.4 Å². The van der Waals surface area contributed by atoms with Crippen LogP contribution in [-0.2, 0) is 4.79 Å². The maximum absolute atomic E-state index is 12.5. The summed E-state index contributed by atoms with van der Waals surface area (Å²) >= 11 is 0. The monoisotopic (exact) mass is 239 g/mol. The van der Waals surface area contributed by atoms with Crippen LogP contribution in [0, 0.1) is 17.8 Å². The summed E-state index contributed by atoms with van der Waals surface area (Å²) in [6.45, 7) is -1.27. The predicted octanol–water partition coefficient (Wildman–Crippen LogP) is 2.05. The molecule has 2 aliphatic carbocycles. The Kier molecular flexibility index (Phi) is 2.84. The van der Waals surface area contributed by atoms with Gasteiger partial charge in [-0.15, -0.1) is 0 Å². The summed E-state index contributed by atoms with van der Waals surface area (Å²) in [4.78, 5) is 11.4. The smallest absolute Gasteiger partial charge is 0.324 e. The standard InChI is InChI=1S/C10H13F4NO/c11-9(12)10(13,14)4-15-8(16)7-2-5-1-6(5)3-7/h5-7,9H,1-4H2,(H,15,16). The quantitative estimate of drug-likeness (QED) is 0.747. The molecule has 92 valence electrons. The van der Waals surface area contributed by atoms with E-state index in [9.17, 15) is 22.4 Å². The fraction of sp³-hybridized carbons (Fsp3) is 0.900. The normalized spacial score (nSPS) is 32.7. The van der Waals surface area contributed by atoms with Gasteiger partial charge in [-0.2, -0.15) is 8.78 Å². The lowest BCUT2D eigenvalue weighted by Gasteiger charge is -2.18. The van der Waals surface area contributed by atoms with Crippen molar-refractivity contribution in [3.05, 3.63) is 0 Å². The molecular weight excluding hydrogens is 226 g/mol. The summed E-state index contributed by atoms with van der Waals surface area (Å²) in [5.74, 6) is -3.76. The van der Waals surface area contributed by atoms with E-state index in [1.807, 2.05) is 5.32 Å². The summed E-state index contributed by atoms with van der Waals surface area (Å²) in [7, 11) is 0. The summed E-state index contributed by atoms with van der Waals surface area (Å²) in [6.07, 6.45) is -1.17. The van der Waals surface area contributed by atoms with E-state index >= 15 is 0 Å². The van der Waals surface area contributed by atoms with Gasteiger partial charge in [-0.05, 0) is 31.1 Å². The minimum Gasteiger partial charge on any atom is -0.350 e. The number of nitrogens with one attached hydrogen (secondary N) is 1. The minimum absolute atomic E-state index is 0.253. The van der Waals surface area contributed by atoms with Gasteiger partial charge in [0.1, 0.15) is 0 Å². The summed E-state index contributed by atoms with van der Waals surface area (Å²) < 4.78 is 48.6. The van der Waals surface area contributed by atoms with Crippen molar-refractivity contribution in [3.63, 3.8) is 0 Å². The van der Waals surface area contributed by atoms with Crippen LogP contribution in [0.4, 0.5) is 17.6 Å². The van der Waals surface area contributed by atoms with Crippen LogP contribution in [-0.4, -0.2) is 24.8 Å². The zero-order chi connectivity index (χ0) is 11.9. The minimum atomic E-state index is -4.13. The van der Waals surface area contributed by atoms with Crippen LogP contribution < -0.4 is 5.32 Å². The first kappa shape index (κ1) is 11.7. The van der Waals surface area contributed by atoms with Crippen LogP contribution in [0.15, 0.2) is 0 Å². The highest BCUT2D eigenvalue weighted by Crippen LogP contribution is 2.54. The van der Waals surface area contributed by atoms with Crippen LogP contribution in [0.25, 0.3) is 0 Å². The third-order valence-corrected chi connectivity index (χ3v) is 3.43. The summed E-state index contributed by atoms with van der Waals surface area (Å²) in [5, 5.41) is 1.92. The molecule has 2 atom stereocenters. The molecule has 0 aromatic carbocycles. The average Bonchev–Trinajstić information content (AvgIpc) is 2.82. The second-order valence-electron chi connectivity index (χ2n) is 4.70. The zero-order valence-corrected chi connectivity index (χ0v) is 8.56. The summed E-state index contributed by atoms with van der Waals surface area (Å²) in [6, 6.07) is 0. The number of hydrogen-bond acceptors (Lipinski definition) is 1. The van der Waals surface area contributed by atoms with Crippen LogP contribution in [0.5, 0.6) is 0 Å². The molecule has 16 heavy (non-hydrogen) atoms. The Balaban J connectivity index is 1.75. The van der Waals surface area contributed by atoms with Gasteiger partial charge >= 0.3 is 12.3 Å². The van der Waals surface area contributed by atoms with Crippen LogP contribution >= 0.6 is 0 Å². The van der Waals surface area contributed by atoms with Gasteiger partial charge in [-0.1, -0.05) is 0 Å². The van der Waals surface area contributed by atoms with E-state index in [2.05, 4.69) is 0 Å². The Morgan fingerprint density at radius 1 is 1.25 bits per heavy atom. The first-order valence-corrected chi connectivity index (χ1v) is 5.34. The van der Waals surface area contributed by atoms with E-state index in [1.165, 1.54) is 0 Å². The molecule has 6 heteroatoms. The van der Waals surface area contributed by atoms with Crippen molar-refractivity contribution in [3.8, 4) is 0 Å². The van der Waals surface area contributed by atoms with Crippen LogP contribution in [0.1, 0.15) is 19.3 Å². The number of fused-ring (bicyclic) bond motifs is 1. The largest absolute Gasteiger partial charge is 0.350 e. The van der Waals surface area contributed by atoms with Gasteiger partial charge in [-0.3, -0.25) is 4.79 Å². The molecule has 2 rings (SSSR count). The average molecular weight is 239 g/mol. The number of halogens is 4. The molecule has 1 amide bonds. The van der Waals surface area contributed by atoms with Crippen LogP contribution in [0.3, 0.4) is 0 Å². The molecule has 0 bridgehead atoms. The Morgan fingerprint density at radius 3 is 2.31 bits per heavy atom. The highest BCUT2D eigenvalue weighted by atomic mass is 19.3. The number of alkyl halides is 4. The first-order chi connectivity index (χ1) is 7.40. The summed E-state index contributed by atoms with van der Waals surface area (Å²) in [5.41, 5.74) is 0. The fourth-order valence-electron chi connectivity index (χ4n) is 2.36. The fourth-order valence-corrected chi connectivity index (χ4v) is 2.36. The number of hydrogen-bond donors (Lipinski definition) is 1. The number of carbonyl (C=O) groups excluding carboxylic acids is 1. The van der Waals surface area contributed by atoms with E-state index < -0.39 is 24.8 Å². The zero-order valence-electron chi connectivity index (χ0n) is 8.56. The third kappa shape index (κ3) is 2.30. The van der Waals surface area contributed by atoms with Gasteiger partial charge in [0.15, 0.2) is 0 Å². The molecule has 2 saturated carbocycles. The molecule has 2 fully saturated rings. The second-order valence-corrected chi connectivity index (χ2v) is 4.70. The molecule has 0 aliphatic heterocycles. The Hall–Kier alpha value is -0.810. The van der Waals surface area contributed by atoms with Crippen molar-refractivity contribution in [1.29, 1.82) is 0 Å². The molecule has 2 unspecified atom stereocenters. The number of rotatable bonds is 4. The lowest BCUT2D eigenvalue weighted by molar-refractivity contribution is -0.138. The molecule has 2 nitrogen and oxygen atoms in total. The molecule has 0 spiro atoms. The highest BCUT2D eigenvalue weighted by molar-refractivity contribution is 5.79. The third-order valence-electron chi connectivity index (χ3n) is 3.43. The van der Waals surface area contributed by atoms with Crippen molar-refractivity contribution in [1.82, 2.24) is 5.32 Å². The number of carbonyl (C=O) groups is 1. The van der Waals surface area contributed by atoms with Gasteiger partial charge in [0.05, 0.1) is 6.54 Å². The molecule has 0 heterocycles. The predicted molar refractivity (Wildman–Crippen MR) is 48.3 cm³/mol. The molecule has 0 aromatic rings. The highest BCUT2D eigenvalue weighted by Gasteiger charge is 2.48. The van der Waals surface area contributed by atoms with Crippen molar-refractivity contribution in [2.24, 2.45) is 17.8 Å². The molecule has 0 aromatic heterocycles. The SMILES string of the molecule is O=C(NCC(F)(F)C(F)F)C1CC2CC2C1. The van der Waals surface area contributed by atoms with Gasteiger partial charge < -0.3 is 5.32 Å². The van der Waals surface area contributed by atoms with E-state index in [0.29, 0.717) is 11.8 Å². The van der Waals surface area contributed by atoms with Gasteiger partial charge in [0.2, 0.25) is 5.91 Å². The maximum atomic E-state index is 12.5. The van der Waals surface area contributed by atoms with Gasteiger partial charge in [0, 0.05) is 5.92 Å². The van der Waals surface area contributed by atoms with Crippen LogP contribution in [0.2, 0.25) is 0 Å². The maximum Gasteiger partial charge on any atom is 0.324 e. The van der Waals surface area contributed by atoms with Gasteiger partial charge in [-0.25, -0.2) is 8.78 Å². The van der Waals surface area contributed by atoms with E-state index in [4.69, 9.17) is 0 Å². The Bertz CT molecular complexity index is 285. The second kappa shape index (κ2) is 3.89. The Morgan fingerprint density at radius 2 is 1.81 bits per heavy atom. The lowest BCUT2D eigenvalue weighted by atomic mass is 10.0. The first-order valence-electron chi connectivity index (χ1n) is 5.34. The molecule has 0 radical (unpaired) electrons. The lowest BCUT2D eigenvalue weighted by Crippen LogP contribution is -2.43. The topological polar surface area (TPSA) is 29.1 Å². The Labute approximate surface area is 90.4 Å². The van der Waals surface area contributed by atoms with E-state index in [1.54, 1.807) is 0 Å². The van der Waals surface area contributed by atoms with Crippen molar-refractivity contribution in [2.45, 2.75) is 31.6 Å². The molecule has 1 N–H and O–H groups in total.